The van der Waals surface area contributed by atoms with E-state index in [0.717, 1.165) is 51.4 Å². The number of likely N-dealkylation sites (N-methyl/N-ethyl adjacent to an activating group) is 1. The van der Waals surface area contributed by atoms with Gasteiger partial charge in [0, 0.05) is 38.4 Å². The summed E-state index contributed by atoms with van der Waals surface area (Å²) in [6, 6.07) is 5.82. The van der Waals surface area contributed by atoms with E-state index in [4.69, 9.17) is 0 Å². The third-order valence-electron chi connectivity index (χ3n) is 6.35. The molecule has 0 unspecified atom stereocenters. The van der Waals surface area contributed by atoms with E-state index in [9.17, 15) is 14.0 Å². The molecule has 0 spiro atoms. The number of halogens is 1. The van der Waals surface area contributed by atoms with Crippen LogP contribution < -0.4 is 21.8 Å². The highest BCUT2D eigenvalue weighted by molar-refractivity contribution is 5.49. The maximum absolute atomic E-state index is 13.5. The molecule has 1 aliphatic rings. The van der Waals surface area contributed by atoms with Gasteiger partial charge in [0.25, 0.3) is 11.1 Å². The predicted octanol–water partition coefficient (Wildman–Crippen LogP) is 0.817. The zero-order chi connectivity index (χ0) is 24.9. The number of hydrogen-bond acceptors (Lipinski definition) is 5. The Morgan fingerprint density at radius 1 is 1.03 bits per heavy atom. The molecule has 1 aromatic carbocycles. The normalized spacial score (nSPS) is 16.5. The molecule has 1 aliphatic heterocycles. The van der Waals surface area contributed by atoms with Gasteiger partial charge < -0.3 is 24.3 Å². The number of imidazole rings is 1. The summed E-state index contributed by atoms with van der Waals surface area (Å²) >= 11 is 0. The molecule has 0 radical (unpaired) electrons. The molecular weight excluding hydrogens is 447 g/mol. The molecule has 2 aromatic heterocycles. The van der Waals surface area contributed by atoms with Crippen molar-refractivity contribution in [3.63, 3.8) is 0 Å². The number of H-pyrrole nitrogens is 2. The summed E-state index contributed by atoms with van der Waals surface area (Å²) in [7, 11) is 2.16. The first kappa shape index (κ1) is 24.8. The van der Waals surface area contributed by atoms with E-state index in [0.29, 0.717) is 11.3 Å². The van der Waals surface area contributed by atoms with Crippen LogP contribution in [0.15, 0.2) is 40.2 Å². The second kappa shape index (κ2) is 11.0. The van der Waals surface area contributed by atoms with E-state index in [2.05, 4.69) is 50.2 Å². The molecule has 0 bridgehead atoms. The molecule has 3 aromatic rings. The molecule has 9 heteroatoms. The summed E-state index contributed by atoms with van der Waals surface area (Å²) in [6.45, 7) is 10.5. The van der Waals surface area contributed by atoms with Gasteiger partial charge in [-0.1, -0.05) is 26.0 Å². The van der Waals surface area contributed by atoms with Crippen LogP contribution in [0.4, 0.5) is 4.39 Å². The molecule has 1 saturated heterocycles. The summed E-state index contributed by atoms with van der Waals surface area (Å²) in [5, 5.41) is 0.201. The maximum atomic E-state index is 13.5. The zero-order valence-electron chi connectivity index (χ0n) is 20.6. The highest BCUT2D eigenvalue weighted by Gasteiger charge is 2.16. The molecule has 0 amide bonds. The van der Waals surface area contributed by atoms with Gasteiger partial charge in [-0.3, -0.25) is 9.59 Å². The van der Waals surface area contributed by atoms with Gasteiger partial charge in [0.15, 0.2) is 0 Å². The number of piperazine rings is 1. The van der Waals surface area contributed by atoms with Crippen LogP contribution in [0, 0.1) is 5.82 Å². The van der Waals surface area contributed by atoms with Gasteiger partial charge in [0.2, 0.25) is 0 Å². The minimum Gasteiger partial charge on any atom is -0.334 e. The quantitative estimate of drug-likeness (QED) is 0.523. The lowest BCUT2D eigenvalue weighted by Crippen LogP contribution is -2.46. The van der Waals surface area contributed by atoms with E-state index in [1.54, 1.807) is 18.2 Å². The van der Waals surface area contributed by atoms with Gasteiger partial charge >= 0.3 is 0 Å². The summed E-state index contributed by atoms with van der Waals surface area (Å²) in [5.41, 5.74) is 1.28. The third-order valence-corrected chi connectivity index (χ3v) is 6.35. The lowest BCUT2D eigenvalue weighted by atomic mass is 10.1. The summed E-state index contributed by atoms with van der Waals surface area (Å²) in [5.74, 6) is -0.221. The van der Waals surface area contributed by atoms with Crippen LogP contribution in [0.2, 0.25) is 0 Å². The summed E-state index contributed by atoms with van der Waals surface area (Å²) in [4.78, 5) is 40.0. The van der Waals surface area contributed by atoms with Crippen molar-refractivity contribution in [1.82, 2.24) is 29.3 Å². The van der Waals surface area contributed by atoms with Gasteiger partial charge in [0.1, 0.15) is 16.5 Å². The number of hydrogen-bond donors (Lipinski definition) is 2. The van der Waals surface area contributed by atoms with Crippen LogP contribution in [-0.4, -0.2) is 69.1 Å². The Hall–Kier alpha value is -3.30. The standard InChI is InChI=1S/C26H33FN6O2/c1-18(2)24-21(28-17-33(24)9-5-8-32-12-10-31(3)11-13-32)16-23-26(35)29-22(25(34)30-23)15-19-6-4-7-20(27)14-19/h4,6-7,14-18H,5,8-13H2,1-3H3,(H,29,35)(H,30,34)/b22-15-,23-16-. The molecule has 3 heterocycles. The molecule has 2 N–H and O–H groups in total. The number of nitrogens with one attached hydrogen (secondary N) is 2. The first-order valence-electron chi connectivity index (χ1n) is 12.1. The molecule has 0 aliphatic carbocycles. The topological polar surface area (TPSA) is 90.0 Å². The highest BCUT2D eigenvalue weighted by atomic mass is 19.1. The van der Waals surface area contributed by atoms with Gasteiger partial charge in [0.05, 0.1) is 12.0 Å². The van der Waals surface area contributed by atoms with Crippen molar-refractivity contribution in [2.24, 2.45) is 0 Å². The Kier molecular flexibility index (Phi) is 7.77. The first-order valence-corrected chi connectivity index (χ1v) is 12.1. The van der Waals surface area contributed by atoms with E-state index in [-0.39, 0.29) is 16.6 Å². The number of aryl methyl sites for hydroxylation is 1. The largest absolute Gasteiger partial charge is 0.334 e. The molecular formula is C26H33FN6O2. The SMILES string of the molecule is CC(C)c1c(/C=c2\[nH]c(=O)/c(=C/c3cccc(F)c3)[nH]c2=O)ncn1CCCN1CCN(C)CC1. The van der Waals surface area contributed by atoms with Gasteiger partial charge in [-0.15, -0.1) is 0 Å². The predicted molar refractivity (Wildman–Crippen MR) is 135 cm³/mol. The molecule has 1 fully saturated rings. The van der Waals surface area contributed by atoms with Gasteiger partial charge in [-0.2, -0.15) is 0 Å². The second-order valence-electron chi connectivity index (χ2n) is 9.44. The van der Waals surface area contributed by atoms with E-state index in [1.165, 1.54) is 18.2 Å². The average Bonchev–Trinajstić information content (AvgIpc) is 3.21. The van der Waals surface area contributed by atoms with Crippen LogP contribution in [0.1, 0.15) is 43.1 Å². The van der Waals surface area contributed by atoms with Gasteiger partial charge in [-0.05, 0) is 55.8 Å². The molecule has 186 valence electrons. The van der Waals surface area contributed by atoms with Crippen molar-refractivity contribution >= 4 is 12.2 Å². The monoisotopic (exact) mass is 480 g/mol. The van der Waals surface area contributed by atoms with Crippen LogP contribution >= 0.6 is 0 Å². The van der Waals surface area contributed by atoms with Crippen LogP contribution in [0.25, 0.3) is 12.2 Å². The molecule has 4 rings (SSSR count). The lowest BCUT2D eigenvalue weighted by molar-refractivity contribution is 0.151. The molecule has 0 atom stereocenters. The molecule has 0 saturated carbocycles. The Morgan fingerprint density at radius 3 is 2.37 bits per heavy atom. The fourth-order valence-electron chi connectivity index (χ4n) is 4.46. The van der Waals surface area contributed by atoms with Crippen molar-refractivity contribution in [1.29, 1.82) is 0 Å². The Morgan fingerprint density at radius 2 is 1.71 bits per heavy atom. The number of aromatic nitrogens is 4. The van der Waals surface area contributed by atoms with Crippen LogP contribution in [0.3, 0.4) is 0 Å². The highest BCUT2D eigenvalue weighted by Crippen LogP contribution is 2.20. The number of aromatic amines is 2. The van der Waals surface area contributed by atoms with Gasteiger partial charge in [-0.25, -0.2) is 9.37 Å². The van der Waals surface area contributed by atoms with Crippen molar-refractivity contribution in [3.05, 3.63) is 84.8 Å². The van der Waals surface area contributed by atoms with Crippen LogP contribution in [0.5, 0.6) is 0 Å². The van der Waals surface area contributed by atoms with Crippen molar-refractivity contribution < 1.29 is 4.39 Å². The average molecular weight is 481 g/mol. The van der Waals surface area contributed by atoms with Crippen LogP contribution in [-0.2, 0) is 6.54 Å². The summed E-state index contributed by atoms with van der Waals surface area (Å²) in [6.07, 6.45) is 5.89. The number of rotatable bonds is 7. The first-order chi connectivity index (χ1) is 16.8. The van der Waals surface area contributed by atoms with Crippen molar-refractivity contribution in [3.8, 4) is 0 Å². The van der Waals surface area contributed by atoms with E-state index < -0.39 is 16.9 Å². The molecule has 35 heavy (non-hydrogen) atoms. The lowest BCUT2D eigenvalue weighted by Gasteiger charge is -2.32. The fraction of sp³-hybridized carbons (Fsp3) is 0.423. The molecule has 8 nitrogen and oxygen atoms in total. The van der Waals surface area contributed by atoms with E-state index >= 15 is 0 Å². The minimum atomic E-state index is -0.460. The smallest absolute Gasteiger partial charge is 0.272 e. The fourth-order valence-corrected chi connectivity index (χ4v) is 4.46. The van der Waals surface area contributed by atoms with Crippen molar-refractivity contribution in [2.75, 3.05) is 39.8 Å². The number of benzene rings is 1. The summed E-state index contributed by atoms with van der Waals surface area (Å²) < 4.78 is 15.6. The minimum absolute atomic E-state index is 0.0660. The zero-order valence-corrected chi connectivity index (χ0v) is 20.6. The number of nitrogens with zero attached hydrogens (tertiary/aromatic N) is 4. The Bertz CT molecular complexity index is 1400. The Labute approximate surface area is 203 Å². The van der Waals surface area contributed by atoms with E-state index in [1.807, 2.05) is 6.33 Å². The Balaban J connectivity index is 1.57. The maximum Gasteiger partial charge on any atom is 0.272 e. The van der Waals surface area contributed by atoms with Crippen molar-refractivity contribution in [2.45, 2.75) is 32.7 Å². The third kappa shape index (κ3) is 6.23. The second-order valence-corrected chi connectivity index (χ2v) is 9.44.